The van der Waals surface area contributed by atoms with Gasteiger partial charge in [-0.2, -0.15) is 0 Å². The summed E-state index contributed by atoms with van der Waals surface area (Å²) >= 11 is 0. The minimum Gasteiger partial charge on any atom is -0.493 e. The van der Waals surface area contributed by atoms with Crippen LogP contribution in [0.2, 0.25) is 0 Å². The Labute approximate surface area is 163 Å². The van der Waals surface area contributed by atoms with E-state index in [1.807, 2.05) is 24.3 Å². The largest absolute Gasteiger partial charge is 0.493 e. The predicted molar refractivity (Wildman–Crippen MR) is 104 cm³/mol. The third-order valence-corrected chi connectivity index (χ3v) is 4.86. The minimum absolute atomic E-state index is 0.250. The number of para-hydroxylation sites is 1. The molecule has 0 saturated heterocycles. The number of rotatable bonds is 6. The monoisotopic (exact) mass is 381 g/mol. The Hall–Kier alpha value is -3.02. The lowest BCUT2D eigenvalue weighted by atomic mass is 10.1. The van der Waals surface area contributed by atoms with Gasteiger partial charge in [-0.15, -0.1) is 0 Å². The maximum absolute atomic E-state index is 11.3. The van der Waals surface area contributed by atoms with Gasteiger partial charge >= 0.3 is 5.97 Å². The minimum atomic E-state index is -0.388. The van der Waals surface area contributed by atoms with Crippen LogP contribution in [0, 0.1) is 0 Å². The molecule has 1 heterocycles. The van der Waals surface area contributed by atoms with E-state index in [2.05, 4.69) is 4.98 Å². The number of methoxy groups -OCH3 is 1. The molecule has 0 spiro atoms. The fourth-order valence-corrected chi connectivity index (χ4v) is 3.57. The van der Waals surface area contributed by atoms with Crippen molar-refractivity contribution in [2.75, 3.05) is 7.11 Å². The highest BCUT2D eigenvalue weighted by atomic mass is 16.5. The second-order valence-corrected chi connectivity index (χ2v) is 6.99. The number of ether oxygens (including phenoxy) is 3. The van der Waals surface area contributed by atoms with Crippen LogP contribution < -0.4 is 14.2 Å². The Bertz CT molecular complexity index is 988. The van der Waals surface area contributed by atoms with Gasteiger partial charge in [0.15, 0.2) is 34.2 Å². The Morgan fingerprint density at radius 1 is 1.14 bits per heavy atom. The van der Waals surface area contributed by atoms with E-state index in [1.54, 1.807) is 19.2 Å². The summed E-state index contributed by atoms with van der Waals surface area (Å²) in [4.78, 5) is 15.8. The van der Waals surface area contributed by atoms with Gasteiger partial charge in [-0.1, -0.05) is 12.1 Å². The molecule has 1 aliphatic rings. The Morgan fingerprint density at radius 3 is 2.71 bits per heavy atom. The SMILES string of the molecule is COc1ccc(Cc2nc3c(OC(C)=O)cccc3o2)cc1OC1CCCC1. The van der Waals surface area contributed by atoms with E-state index >= 15 is 0 Å². The molecule has 6 heteroatoms. The van der Waals surface area contributed by atoms with Crippen molar-refractivity contribution in [3.63, 3.8) is 0 Å². The van der Waals surface area contributed by atoms with Gasteiger partial charge in [0, 0.05) is 13.3 Å². The molecule has 0 amide bonds. The quantitative estimate of drug-likeness (QED) is 0.456. The zero-order valence-electron chi connectivity index (χ0n) is 16.1. The van der Waals surface area contributed by atoms with E-state index in [1.165, 1.54) is 19.8 Å². The smallest absolute Gasteiger partial charge is 0.308 e. The molecule has 28 heavy (non-hydrogen) atoms. The standard InChI is InChI=1S/C22H23NO5/c1-14(24)26-18-8-5-9-19-22(18)23-21(28-19)13-15-10-11-17(25-2)20(12-15)27-16-6-3-4-7-16/h5,8-12,16H,3-4,6-7,13H2,1-2H3. The van der Waals surface area contributed by atoms with Crippen molar-refractivity contribution in [1.82, 2.24) is 4.98 Å². The van der Waals surface area contributed by atoms with E-state index in [-0.39, 0.29) is 12.1 Å². The first-order valence-electron chi connectivity index (χ1n) is 9.53. The second-order valence-electron chi connectivity index (χ2n) is 6.99. The number of benzene rings is 2. The van der Waals surface area contributed by atoms with Gasteiger partial charge in [-0.25, -0.2) is 4.98 Å². The topological polar surface area (TPSA) is 70.8 Å². The number of fused-ring (bicyclic) bond motifs is 1. The van der Waals surface area contributed by atoms with Crippen LogP contribution >= 0.6 is 0 Å². The Kier molecular flexibility index (Phi) is 5.19. The van der Waals surface area contributed by atoms with Crippen LogP contribution in [0.3, 0.4) is 0 Å². The number of nitrogens with zero attached hydrogens (tertiary/aromatic N) is 1. The summed E-state index contributed by atoms with van der Waals surface area (Å²) in [5.41, 5.74) is 2.14. The number of carbonyl (C=O) groups excluding carboxylic acids is 1. The van der Waals surface area contributed by atoms with Gasteiger partial charge in [0.1, 0.15) is 0 Å². The first-order valence-corrected chi connectivity index (χ1v) is 9.53. The lowest BCUT2D eigenvalue weighted by Gasteiger charge is -2.16. The third kappa shape index (κ3) is 3.96. The molecule has 4 rings (SSSR count). The number of carbonyl (C=O) groups is 1. The Balaban J connectivity index is 1.59. The molecular formula is C22H23NO5. The summed E-state index contributed by atoms with van der Waals surface area (Å²) in [7, 11) is 1.65. The normalized spacial score (nSPS) is 14.4. The molecule has 1 saturated carbocycles. The number of hydrogen-bond donors (Lipinski definition) is 0. The van der Waals surface area contributed by atoms with E-state index in [4.69, 9.17) is 18.6 Å². The van der Waals surface area contributed by atoms with Gasteiger partial charge in [0.05, 0.1) is 13.2 Å². The van der Waals surface area contributed by atoms with Crippen molar-refractivity contribution in [3.8, 4) is 17.2 Å². The summed E-state index contributed by atoms with van der Waals surface area (Å²) in [5.74, 6) is 2.04. The van der Waals surface area contributed by atoms with Crippen molar-refractivity contribution in [1.29, 1.82) is 0 Å². The van der Waals surface area contributed by atoms with Gasteiger partial charge < -0.3 is 18.6 Å². The fraction of sp³-hybridized carbons (Fsp3) is 0.364. The van der Waals surface area contributed by atoms with Crippen molar-refractivity contribution in [2.24, 2.45) is 0 Å². The fourth-order valence-electron chi connectivity index (χ4n) is 3.57. The van der Waals surface area contributed by atoms with E-state index in [0.29, 0.717) is 29.2 Å². The highest BCUT2D eigenvalue weighted by Crippen LogP contribution is 2.33. The first kappa shape index (κ1) is 18.3. The molecule has 0 atom stereocenters. The van der Waals surface area contributed by atoms with E-state index in [9.17, 15) is 4.79 Å². The molecule has 0 N–H and O–H groups in total. The number of esters is 1. The van der Waals surface area contributed by atoms with Gasteiger partial charge in [-0.3, -0.25) is 4.79 Å². The zero-order chi connectivity index (χ0) is 19.5. The first-order chi connectivity index (χ1) is 13.6. The average molecular weight is 381 g/mol. The molecule has 3 aromatic rings. The average Bonchev–Trinajstić information content (AvgIpc) is 3.31. The van der Waals surface area contributed by atoms with Gasteiger partial charge in [0.2, 0.25) is 0 Å². The van der Waals surface area contributed by atoms with Crippen LogP contribution in [0.25, 0.3) is 11.1 Å². The molecule has 146 valence electrons. The highest BCUT2D eigenvalue weighted by Gasteiger charge is 2.19. The van der Waals surface area contributed by atoms with Crippen LogP contribution in [0.15, 0.2) is 40.8 Å². The molecule has 0 bridgehead atoms. The van der Waals surface area contributed by atoms with E-state index < -0.39 is 0 Å². The molecule has 0 radical (unpaired) electrons. The summed E-state index contributed by atoms with van der Waals surface area (Å²) in [6.07, 6.45) is 5.33. The predicted octanol–water partition coefficient (Wildman–Crippen LogP) is 4.67. The number of hydrogen-bond acceptors (Lipinski definition) is 6. The molecule has 1 fully saturated rings. The molecule has 6 nitrogen and oxygen atoms in total. The number of aromatic nitrogens is 1. The summed E-state index contributed by atoms with van der Waals surface area (Å²) in [6.45, 7) is 1.36. The number of oxazole rings is 1. The second kappa shape index (κ2) is 7.92. The van der Waals surface area contributed by atoms with Crippen molar-refractivity contribution in [2.45, 2.75) is 45.1 Å². The van der Waals surface area contributed by atoms with Crippen molar-refractivity contribution >= 4 is 17.1 Å². The van der Waals surface area contributed by atoms with Crippen LogP contribution in [-0.2, 0) is 11.2 Å². The van der Waals surface area contributed by atoms with E-state index in [0.717, 1.165) is 29.9 Å². The maximum Gasteiger partial charge on any atom is 0.308 e. The Morgan fingerprint density at radius 2 is 1.96 bits per heavy atom. The van der Waals surface area contributed by atoms with Crippen LogP contribution in [0.4, 0.5) is 0 Å². The highest BCUT2D eigenvalue weighted by molar-refractivity contribution is 5.83. The maximum atomic E-state index is 11.3. The summed E-state index contributed by atoms with van der Waals surface area (Å²) in [5, 5.41) is 0. The van der Waals surface area contributed by atoms with Crippen molar-refractivity contribution < 1.29 is 23.4 Å². The summed E-state index contributed by atoms with van der Waals surface area (Å²) < 4.78 is 22.7. The van der Waals surface area contributed by atoms with Gasteiger partial charge in [-0.05, 0) is 55.5 Å². The molecule has 0 unspecified atom stereocenters. The lowest BCUT2D eigenvalue weighted by Crippen LogP contribution is -2.11. The van der Waals surface area contributed by atoms with Gasteiger partial charge in [0.25, 0.3) is 0 Å². The lowest BCUT2D eigenvalue weighted by molar-refractivity contribution is -0.131. The molecular weight excluding hydrogens is 358 g/mol. The van der Waals surface area contributed by atoms with Crippen molar-refractivity contribution in [3.05, 3.63) is 47.9 Å². The molecule has 1 aromatic heterocycles. The molecule has 0 aliphatic heterocycles. The van der Waals surface area contributed by atoms with Crippen LogP contribution in [0.1, 0.15) is 44.1 Å². The summed E-state index contributed by atoms with van der Waals surface area (Å²) in [6, 6.07) is 11.2. The molecule has 1 aliphatic carbocycles. The third-order valence-electron chi connectivity index (χ3n) is 4.86. The van der Waals surface area contributed by atoms with Crippen LogP contribution in [0.5, 0.6) is 17.2 Å². The molecule has 2 aromatic carbocycles. The zero-order valence-corrected chi connectivity index (χ0v) is 16.1. The van der Waals surface area contributed by atoms with Crippen LogP contribution in [-0.4, -0.2) is 24.2 Å².